The van der Waals surface area contributed by atoms with Gasteiger partial charge in [0.25, 0.3) is 5.97 Å². The number of fused-ring (bicyclic) bond motifs is 1. The highest BCUT2D eigenvalue weighted by Crippen LogP contribution is 2.28. The van der Waals surface area contributed by atoms with Crippen LogP contribution < -0.4 is 0 Å². The molecule has 6 nitrogen and oxygen atoms in total. The van der Waals surface area contributed by atoms with Gasteiger partial charge in [-0.3, -0.25) is 9.59 Å². The monoisotopic (exact) mass is 232 g/mol. The summed E-state index contributed by atoms with van der Waals surface area (Å²) < 4.78 is 15.8. The van der Waals surface area contributed by atoms with E-state index < -0.39 is 5.97 Å². The predicted octanol–water partition coefficient (Wildman–Crippen LogP) is 0.197. The molecule has 1 N–H and O–H groups in total. The Morgan fingerprint density at radius 1 is 1.31 bits per heavy atom. The zero-order valence-corrected chi connectivity index (χ0v) is 9.34. The van der Waals surface area contributed by atoms with Crippen LogP contribution in [0, 0.1) is 0 Å². The molecule has 16 heavy (non-hydrogen) atoms. The first kappa shape index (κ1) is 12.9. The average molecular weight is 232 g/mol. The minimum atomic E-state index is -0.833. The van der Waals surface area contributed by atoms with E-state index in [1.54, 1.807) is 0 Å². The normalized spacial score (nSPS) is 31.2. The number of carboxylic acid groups (broad SMARTS) is 1. The molecule has 3 atom stereocenters. The number of aliphatic carboxylic acids is 1. The topological polar surface area (TPSA) is 82.1 Å². The minimum absolute atomic E-state index is 0.0195. The van der Waals surface area contributed by atoms with E-state index in [-0.39, 0.29) is 24.3 Å². The highest BCUT2D eigenvalue weighted by Gasteiger charge is 2.43. The second-order valence-corrected chi connectivity index (χ2v) is 3.66. The van der Waals surface area contributed by atoms with Gasteiger partial charge < -0.3 is 19.3 Å². The van der Waals surface area contributed by atoms with Crippen molar-refractivity contribution in [2.45, 2.75) is 38.6 Å². The fourth-order valence-electron chi connectivity index (χ4n) is 1.74. The number of rotatable bonds is 1. The Morgan fingerprint density at radius 2 is 1.94 bits per heavy atom. The number of hydrogen-bond donors (Lipinski definition) is 1. The molecule has 0 aromatic carbocycles. The van der Waals surface area contributed by atoms with E-state index in [4.69, 9.17) is 24.1 Å². The molecule has 2 aliphatic heterocycles. The zero-order chi connectivity index (χ0) is 12.1. The molecule has 92 valence electrons. The summed E-state index contributed by atoms with van der Waals surface area (Å²) in [7, 11) is 0. The van der Waals surface area contributed by atoms with E-state index in [1.807, 2.05) is 0 Å². The number of hydrogen-bond acceptors (Lipinski definition) is 5. The van der Waals surface area contributed by atoms with Gasteiger partial charge in [0, 0.05) is 20.5 Å². The standard InChI is InChI=1S/C8H12O4.C2H4O2/c1-5(9)12-7-4-11-6-2-3-10-8(6)7;1-2(3)4/h6-8H,2-4H2,1H3;1H3,(H,3,4)/t6-,7?,8+;/m1./s1. The van der Waals surface area contributed by atoms with Gasteiger partial charge >= 0.3 is 5.97 Å². The van der Waals surface area contributed by atoms with Gasteiger partial charge in [-0.2, -0.15) is 0 Å². The van der Waals surface area contributed by atoms with Crippen LogP contribution in [0.15, 0.2) is 0 Å². The number of carboxylic acids is 1. The lowest BCUT2D eigenvalue weighted by molar-refractivity contribution is -0.150. The van der Waals surface area contributed by atoms with Crippen LogP contribution in [-0.2, 0) is 23.8 Å². The first-order valence-corrected chi connectivity index (χ1v) is 5.10. The van der Waals surface area contributed by atoms with Gasteiger partial charge in [-0.1, -0.05) is 0 Å². The van der Waals surface area contributed by atoms with Gasteiger partial charge in [0.15, 0.2) is 6.10 Å². The lowest BCUT2D eigenvalue weighted by atomic mass is 10.1. The minimum Gasteiger partial charge on any atom is -0.481 e. The van der Waals surface area contributed by atoms with Crippen LogP contribution >= 0.6 is 0 Å². The molecule has 0 aromatic rings. The third kappa shape index (κ3) is 3.79. The van der Waals surface area contributed by atoms with Gasteiger partial charge in [-0.05, 0) is 6.42 Å². The van der Waals surface area contributed by atoms with Crippen molar-refractivity contribution in [1.29, 1.82) is 0 Å². The maximum absolute atomic E-state index is 10.7. The zero-order valence-electron chi connectivity index (χ0n) is 9.34. The molecule has 0 aliphatic carbocycles. The smallest absolute Gasteiger partial charge is 0.303 e. The largest absolute Gasteiger partial charge is 0.481 e. The second kappa shape index (κ2) is 5.81. The van der Waals surface area contributed by atoms with Gasteiger partial charge in [-0.25, -0.2) is 0 Å². The fourth-order valence-corrected chi connectivity index (χ4v) is 1.74. The van der Waals surface area contributed by atoms with Crippen LogP contribution in [0.5, 0.6) is 0 Å². The molecule has 0 aromatic heterocycles. The molecular weight excluding hydrogens is 216 g/mol. The van der Waals surface area contributed by atoms with Crippen LogP contribution in [-0.4, -0.2) is 48.6 Å². The maximum Gasteiger partial charge on any atom is 0.303 e. The third-order valence-corrected chi connectivity index (χ3v) is 2.24. The summed E-state index contributed by atoms with van der Waals surface area (Å²) in [6.07, 6.45) is 0.862. The molecule has 2 heterocycles. The molecular formula is C10H16O6. The molecule has 0 saturated carbocycles. The van der Waals surface area contributed by atoms with Crippen LogP contribution in [0.4, 0.5) is 0 Å². The number of esters is 1. The SMILES string of the molecule is CC(=O)O.CC(=O)OC1CO[C@@H]2CCO[C@H]12. The number of ether oxygens (including phenoxy) is 3. The molecule has 2 fully saturated rings. The van der Waals surface area contributed by atoms with Crippen molar-refractivity contribution in [2.24, 2.45) is 0 Å². The van der Waals surface area contributed by atoms with Crippen LogP contribution in [0.2, 0.25) is 0 Å². The first-order valence-electron chi connectivity index (χ1n) is 5.10. The van der Waals surface area contributed by atoms with Crippen LogP contribution in [0.25, 0.3) is 0 Å². The van der Waals surface area contributed by atoms with Crippen molar-refractivity contribution >= 4 is 11.9 Å². The van der Waals surface area contributed by atoms with Crippen LogP contribution in [0.1, 0.15) is 20.3 Å². The van der Waals surface area contributed by atoms with Crippen molar-refractivity contribution in [3.05, 3.63) is 0 Å². The molecule has 0 bridgehead atoms. The molecule has 2 rings (SSSR count). The first-order chi connectivity index (χ1) is 7.50. The molecule has 0 radical (unpaired) electrons. The third-order valence-electron chi connectivity index (χ3n) is 2.24. The van der Waals surface area contributed by atoms with E-state index in [0.717, 1.165) is 13.3 Å². The molecule has 0 amide bonds. The summed E-state index contributed by atoms with van der Waals surface area (Å²) in [6.45, 7) is 3.68. The van der Waals surface area contributed by atoms with E-state index >= 15 is 0 Å². The summed E-state index contributed by atoms with van der Waals surface area (Å²) in [5.74, 6) is -1.10. The Kier molecular flexibility index (Phi) is 4.70. The van der Waals surface area contributed by atoms with Crippen LogP contribution in [0.3, 0.4) is 0 Å². The summed E-state index contributed by atoms with van der Waals surface area (Å²) in [4.78, 5) is 19.7. The van der Waals surface area contributed by atoms with Gasteiger partial charge in [0.1, 0.15) is 6.10 Å². The molecule has 2 saturated heterocycles. The van der Waals surface area contributed by atoms with Crippen molar-refractivity contribution in [3.8, 4) is 0 Å². The lowest BCUT2D eigenvalue weighted by Crippen LogP contribution is -2.31. The van der Waals surface area contributed by atoms with Crippen molar-refractivity contribution in [3.63, 3.8) is 0 Å². The highest BCUT2D eigenvalue weighted by atomic mass is 16.6. The summed E-state index contributed by atoms with van der Waals surface area (Å²) >= 11 is 0. The van der Waals surface area contributed by atoms with E-state index in [2.05, 4.69) is 0 Å². The Labute approximate surface area is 93.5 Å². The number of carbonyl (C=O) groups is 2. The Hall–Kier alpha value is -1.14. The van der Waals surface area contributed by atoms with Gasteiger partial charge in [0.2, 0.25) is 0 Å². The predicted molar refractivity (Wildman–Crippen MR) is 53.0 cm³/mol. The highest BCUT2D eigenvalue weighted by molar-refractivity contribution is 5.66. The summed E-state index contributed by atoms with van der Waals surface area (Å²) in [5, 5.41) is 7.42. The summed E-state index contributed by atoms with van der Waals surface area (Å²) in [5.41, 5.74) is 0. The molecule has 0 spiro atoms. The second-order valence-electron chi connectivity index (χ2n) is 3.66. The van der Waals surface area contributed by atoms with Crippen molar-refractivity contribution < 1.29 is 28.9 Å². The quantitative estimate of drug-likeness (QED) is 0.650. The van der Waals surface area contributed by atoms with Crippen molar-refractivity contribution in [1.82, 2.24) is 0 Å². The van der Waals surface area contributed by atoms with E-state index in [9.17, 15) is 4.79 Å². The van der Waals surface area contributed by atoms with Crippen molar-refractivity contribution in [2.75, 3.05) is 13.2 Å². The molecule has 2 aliphatic rings. The summed E-state index contributed by atoms with van der Waals surface area (Å²) in [6, 6.07) is 0. The fraction of sp³-hybridized carbons (Fsp3) is 0.800. The Morgan fingerprint density at radius 3 is 2.50 bits per heavy atom. The van der Waals surface area contributed by atoms with Gasteiger partial charge in [-0.15, -0.1) is 0 Å². The maximum atomic E-state index is 10.7. The Bertz CT molecular complexity index is 260. The number of carbonyl (C=O) groups excluding carboxylic acids is 1. The molecule has 1 unspecified atom stereocenters. The Balaban J connectivity index is 0.000000280. The molecule has 6 heteroatoms. The van der Waals surface area contributed by atoms with E-state index in [1.165, 1.54) is 6.92 Å². The van der Waals surface area contributed by atoms with E-state index in [0.29, 0.717) is 13.2 Å². The van der Waals surface area contributed by atoms with Gasteiger partial charge in [0.05, 0.1) is 12.7 Å². The average Bonchev–Trinajstić information content (AvgIpc) is 2.67. The lowest BCUT2D eigenvalue weighted by Gasteiger charge is -2.14.